The van der Waals surface area contributed by atoms with Gasteiger partial charge in [-0.15, -0.1) is 0 Å². The van der Waals surface area contributed by atoms with Gasteiger partial charge in [-0.2, -0.15) is 0 Å². The molecule has 1 saturated heterocycles. The Morgan fingerprint density at radius 3 is 3.00 bits per heavy atom. The van der Waals surface area contributed by atoms with E-state index in [1.54, 1.807) is 6.08 Å². The number of hydrogen-bond donors (Lipinski definition) is 2. The lowest BCUT2D eigenvalue weighted by molar-refractivity contribution is -0.116. The second-order valence-electron chi connectivity index (χ2n) is 4.08. The molecule has 3 nitrogen and oxygen atoms in total. The number of allylic oxidation sites excluding steroid dienone is 1. The number of nitrogens with zero attached hydrogens (tertiary/aromatic N) is 1. The Morgan fingerprint density at radius 1 is 1.50 bits per heavy atom. The molecule has 1 fully saturated rings. The summed E-state index contributed by atoms with van der Waals surface area (Å²) in [5, 5.41) is 19.0. The Bertz CT molecular complexity index is 292. The molecule has 0 spiro atoms. The van der Waals surface area contributed by atoms with Crippen molar-refractivity contribution >= 4 is 0 Å². The van der Waals surface area contributed by atoms with Gasteiger partial charge in [-0.25, -0.2) is 0 Å². The average molecular weight is 195 g/mol. The van der Waals surface area contributed by atoms with E-state index < -0.39 is 5.79 Å². The second kappa shape index (κ2) is 3.41. The van der Waals surface area contributed by atoms with Crippen LogP contribution in [0.25, 0.3) is 0 Å². The number of hydrogen-bond acceptors (Lipinski definition) is 3. The quantitative estimate of drug-likeness (QED) is 0.646. The van der Waals surface area contributed by atoms with Gasteiger partial charge in [0.25, 0.3) is 0 Å². The Morgan fingerprint density at radius 2 is 2.29 bits per heavy atom. The first-order valence-electron chi connectivity index (χ1n) is 5.24. The second-order valence-corrected chi connectivity index (χ2v) is 4.08. The summed E-state index contributed by atoms with van der Waals surface area (Å²) in [4.78, 5) is 2.23. The van der Waals surface area contributed by atoms with Crippen molar-refractivity contribution in [1.82, 2.24) is 4.90 Å². The number of aliphatic hydroxyl groups is 2. The zero-order valence-corrected chi connectivity index (χ0v) is 8.53. The lowest BCUT2D eigenvalue weighted by Gasteiger charge is -2.26. The van der Waals surface area contributed by atoms with E-state index in [-0.39, 0.29) is 0 Å². The SMILES string of the molecule is CCCN1CCC2=CCC(O)(O)C=C21. The fraction of sp³-hybridized carbons (Fsp3) is 0.636. The van der Waals surface area contributed by atoms with Gasteiger partial charge in [0, 0.05) is 25.2 Å². The highest BCUT2D eigenvalue weighted by molar-refractivity contribution is 5.39. The molecule has 0 saturated carbocycles. The van der Waals surface area contributed by atoms with Crippen LogP contribution in [-0.4, -0.2) is 34.0 Å². The number of rotatable bonds is 2. The van der Waals surface area contributed by atoms with Gasteiger partial charge >= 0.3 is 0 Å². The molecular weight excluding hydrogens is 178 g/mol. The molecule has 1 aliphatic heterocycles. The Balaban J connectivity index is 2.21. The fourth-order valence-electron chi connectivity index (χ4n) is 2.15. The number of likely N-dealkylation sites (tertiary alicyclic amines) is 1. The lowest BCUT2D eigenvalue weighted by atomic mass is 9.99. The van der Waals surface area contributed by atoms with Crippen molar-refractivity contribution in [2.75, 3.05) is 13.1 Å². The molecule has 0 unspecified atom stereocenters. The highest BCUT2D eigenvalue weighted by Crippen LogP contribution is 2.34. The van der Waals surface area contributed by atoms with Crippen LogP contribution in [0.5, 0.6) is 0 Å². The predicted molar refractivity (Wildman–Crippen MR) is 54.4 cm³/mol. The van der Waals surface area contributed by atoms with Crippen molar-refractivity contribution in [3.05, 3.63) is 23.4 Å². The van der Waals surface area contributed by atoms with Crippen LogP contribution in [0.3, 0.4) is 0 Å². The van der Waals surface area contributed by atoms with Crippen molar-refractivity contribution in [2.45, 2.75) is 32.0 Å². The molecule has 2 aliphatic rings. The summed E-state index contributed by atoms with van der Waals surface area (Å²) in [5.74, 6) is -1.63. The van der Waals surface area contributed by atoms with Gasteiger partial charge < -0.3 is 15.1 Å². The van der Waals surface area contributed by atoms with E-state index in [0.717, 1.165) is 31.6 Å². The van der Waals surface area contributed by atoms with Crippen LogP contribution in [0.1, 0.15) is 26.2 Å². The molecule has 0 radical (unpaired) electrons. The molecule has 1 heterocycles. The summed E-state index contributed by atoms with van der Waals surface area (Å²) in [6, 6.07) is 0. The van der Waals surface area contributed by atoms with Crippen molar-refractivity contribution in [2.24, 2.45) is 0 Å². The van der Waals surface area contributed by atoms with Crippen molar-refractivity contribution in [1.29, 1.82) is 0 Å². The first-order valence-corrected chi connectivity index (χ1v) is 5.24. The third kappa shape index (κ3) is 1.70. The van der Waals surface area contributed by atoms with E-state index in [4.69, 9.17) is 0 Å². The van der Waals surface area contributed by atoms with Crippen LogP contribution in [0.2, 0.25) is 0 Å². The maximum Gasteiger partial charge on any atom is 0.188 e. The molecule has 1 aliphatic carbocycles. The van der Waals surface area contributed by atoms with E-state index in [2.05, 4.69) is 11.8 Å². The van der Waals surface area contributed by atoms with Crippen LogP contribution in [0.15, 0.2) is 23.4 Å². The first-order chi connectivity index (χ1) is 6.62. The molecule has 0 aromatic rings. The molecular formula is C11H17NO2. The van der Waals surface area contributed by atoms with Crippen molar-refractivity contribution in [3.8, 4) is 0 Å². The zero-order chi connectivity index (χ0) is 10.2. The summed E-state index contributed by atoms with van der Waals surface area (Å²) < 4.78 is 0. The smallest absolute Gasteiger partial charge is 0.188 e. The Kier molecular flexibility index (Phi) is 2.37. The fourth-order valence-corrected chi connectivity index (χ4v) is 2.15. The minimum atomic E-state index is -1.63. The largest absolute Gasteiger partial charge is 0.371 e. The predicted octanol–water partition coefficient (Wildman–Crippen LogP) is 0.997. The maximum absolute atomic E-state index is 9.52. The molecule has 0 aromatic carbocycles. The maximum atomic E-state index is 9.52. The van der Waals surface area contributed by atoms with Gasteiger partial charge in [-0.1, -0.05) is 13.0 Å². The van der Waals surface area contributed by atoms with Gasteiger partial charge in [0.2, 0.25) is 0 Å². The van der Waals surface area contributed by atoms with Gasteiger partial charge in [0.05, 0.1) is 0 Å². The lowest BCUT2D eigenvalue weighted by Crippen LogP contribution is -2.30. The molecule has 3 heteroatoms. The monoisotopic (exact) mass is 195 g/mol. The molecule has 0 amide bonds. The topological polar surface area (TPSA) is 43.7 Å². The van der Waals surface area contributed by atoms with Crippen LogP contribution in [0, 0.1) is 0 Å². The highest BCUT2D eigenvalue weighted by Gasteiger charge is 2.31. The Hall–Kier alpha value is -0.800. The van der Waals surface area contributed by atoms with Gasteiger partial charge in [-0.3, -0.25) is 0 Å². The zero-order valence-electron chi connectivity index (χ0n) is 8.53. The standard InChI is InChI=1S/C11H17NO2/c1-2-6-12-7-4-9-3-5-11(13,14)8-10(9)12/h3,8,13-14H,2,4-7H2,1H3. The van der Waals surface area contributed by atoms with Gasteiger partial charge in [0.1, 0.15) is 0 Å². The molecule has 78 valence electrons. The van der Waals surface area contributed by atoms with Crippen LogP contribution in [0.4, 0.5) is 0 Å². The third-order valence-electron chi connectivity index (χ3n) is 2.83. The highest BCUT2D eigenvalue weighted by atomic mass is 16.5. The Labute approximate surface area is 84.3 Å². The van der Waals surface area contributed by atoms with Gasteiger partial charge in [-0.05, 0) is 24.5 Å². The molecule has 2 rings (SSSR count). The van der Waals surface area contributed by atoms with Gasteiger partial charge in [0.15, 0.2) is 5.79 Å². The van der Waals surface area contributed by atoms with E-state index in [9.17, 15) is 10.2 Å². The van der Waals surface area contributed by atoms with E-state index in [0.29, 0.717) is 6.42 Å². The summed E-state index contributed by atoms with van der Waals surface area (Å²) in [6.45, 7) is 4.15. The van der Waals surface area contributed by atoms with Crippen LogP contribution in [-0.2, 0) is 0 Å². The van der Waals surface area contributed by atoms with E-state index in [1.807, 2.05) is 6.08 Å². The average Bonchev–Trinajstić information content (AvgIpc) is 2.47. The summed E-state index contributed by atoms with van der Waals surface area (Å²) in [6.07, 6.45) is 6.00. The molecule has 0 bridgehead atoms. The minimum Gasteiger partial charge on any atom is -0.371 e. The van der Waals surface area contributed by atoms with Crippen LogP contribution >= 0.6 is 0 Å². The third-order valence-corrected chi connectivity index (χ3v) is 2.83. The summed E-state index contributed by atoms with van der Waals surface area (Å²) in [7, 11) is 0. The molecule has 2 N–H and O–H groups in total. The molecule has 0 atom stereocenters. The van der Waals surface area contributed by atoms with Crippen LogP contribution < -0.4 is 0 Å². The van der Waals surface area contributed by atoms with E-state index in [1.165, 1.54) is 5.57 Å². The number of fused-ring (bicyclic) bond motifs is 1. The summed E-state index contributed by atoms with van der Waals surface area (Å²) in [5.41, 5.74) is 2.31. The van der Waals surface area contributed by atoms with Crippen molar-refractivity contribution in [3.63, 3.8) is 0 Å². The molecule has 14 heavy (non-hydrogen) atoms. The summed E-state index contributed by atoms with van der Waals surface area (Å²) >= 11 is 0. The minimum absolute atomic E-state index is 0.325. The normalized spacial score (nSPS) is 24.4. The van der Waals surface area contributed by atoms with Crippen molar-refractivity contribution < 1.29 is 10.2 Å². The molecule has 0 aromatic heterocycles. The van der Waals surface area contributed by atoms with E-state index >= 15 is 0 Å². The first kappa shape index (κ1) is 9.74.